The number of hydrogen-bond acceptors (Lipinski definition) is 6. The lowest BCUT2D eigenvalue weighted by Gasteiger charge is -2.49. The van der Waals surface area contributed by atoms with Gasteiger partial charge in [-0.1, -0.05) is 11.2 Å². The van der Waals surface area contributed by atoms with Crippen molar-refractivity contribution in [3.63, 3.8) is 0 Å². The number of likely N-dealkylation sites (tertiary alicyclic amines) is 1. The minimum absolute atomic E-state index is 0.0944. The van der Waals surface area contributed by atoms with Crippen LogP contribution in [0.15, 0.2) is 35.0 Å². The number of rotatable bonds is 4. The molecule has 0 radical (unpaired) electrons. The number of aryl methyl sites for hydroxylation is 1. The van der Waals surface area contributed by atoms with Crippen LogP contribution in [0.1, 0.15) is 35.5 Å². The smallest absolute Gasteiger partial charge is 0.276 e. The molecule has 26 heavy (non-hydrogen) atoms. The summed E-state index contributed by atoms with van der Waals surface area (Å²) in [4.78, 5) is 18.9. The van der Waals surface area contributed by atoms with Crippen molar-refractivity contribution < 1.29 is 18.8 Å². The monoisotopic (exact) mass is 357 g/mol. The Morgan fingerprint density at radius 2 is 2.38 bits per heavy atom. The summed E-state index contributed by atoms with van der Waals surface area (Å²) in [6.07, 6.45) is 4.54. The lowest BCUT2D eigenvalue weighted by Crippen LogP contribution is -2.58. The number of ether oxygens (including phenoxy) is 2. The van der Waals surface area contributed by atoms with Crippen molar-refractivity contribution in [2.75, 3.05) is 26.3 Å². The van der Waals surface area contributed by atoms with E-state index in [0.717, 1.165) is 25.9 Å². The highest BCUT2D eigenvalue weighted by Crippen LogP contribution is 2.40. The summed E-state index contributed by atoms with van der Waals surface area (Å²) in [7, 11) is 0. The quantitative estimate of drug-likeness (QED) is 0.836. The maximum atomic E-state index is 12.8. The molecule has 138 valence electrons. The lowest BCUT2D eigenvalue weighted by atomic mass is 9.73. The van der Waals surface area contributed by atoms with Gasteiger partial charge in [-0.25, -0.2) is 4.98 Å². The fraction of sp³-hybridized carbons (Fsp3) is 0.526. The number of amides is 1. The molecule has 2 aliphatic heterocycles. The molecule has 0 spiro atoms. The molecular formula is C19H23N3O4. The van der Waals surface area contributed by atoms with Gasteiger partial charge in [0.1, 0.15) is 5.76 Å². The molecule has 0 aromatic carbocycles. The van der Waals surface area contributed by atoms with Crippen LogP contribution < -0.4 is 4.74 Å². The molecule has 1 amide bonds. The Bertz CT molecular complexity index is 763. The zero-order valence-corrected chi connectivity index (χ0v) is 14.9. The first kappa shape index (κ1) is 17.0. The molecule has 2 fully saturated rings. The van der Waals surface area contributed by atoms with E-state index in [1.165, 1.54) is 0 Å². The van der Waals surface area contributed by atoms with Gasteiger partial charge in [-0.05, 0) is 32.3 Å². The Morgan fingerprint density at radius 1 is 1.46 bits per heavy atom. The number of piperidine rings is 1. The lowest BCUT2D eigenvalue weighted by molar-refractivity contribution is -0.133. The molecule has 4 rings (SSSR count). The molecule has 2 aromatic heterocycles. The summed E-state index contributed by atoms with van der Waals surface area (Å²) < 4.78 is 17.1. The van der Waals surface area contributed by atoms with E-state index in [1.54, 1.807) is 19.2 Å². The average Bonchev–Trinajstić information content (AvgIpc) is 3.12. The number of hydrogen-bond donors (Lipinski definition) is 0. The molecule has 0 saturated carbocycles. The second-order valence-electron chi connectivity index (χ2n) is 7.12. The van der Waals surface area contributed by atoms with Crippen LogP contribution in [0.25, 0.3) is 0 Å². The third kappa shape index (κ3) is 3.31. The maximum absolute atomic E-state index is 12.8. The first-order chi connectivity index (χ1) is 12.7. The fourth-order valence-corrected chi connectivity index (χ4v) is 3.95. The van der Waals surface area contributed by atoms with E-state index in [0.29, 0.717) is 37.0 Å². The summed E-state index contributed by atoms with van der Waals surface area (Å²) in [5.41, 5.74) is 0.140. The van der Waals surface area contributed by atoms with Gasteiger partial charge in [0.2, 0.25) is 5.88 Å². The number of pyridine rings is 1. The minimum atomic E-state index is -0.220. The van der Waals surface area contributed by atoms with Gasteiger partial charge in [-0.3, -0.25) is 4.79 Å². The highest BCUT2D eigenvalue weighted by atomic mass is 16.5. The standard InChI is InChI=1S/C19H23N3O4/c1-14-11-15(21-26-14)18(23)22-9-6-16-19(12-22,7-4-10-24-16)13-25-17-5-2-3-8-20-17/h2-3,5,8,11,16H,4,6-7,9-10,12-13H2,1H3. The molecular weight excluding hydrogens is 334 g/mol. The molecule has 0 N–H and O–H groups in total. The SMILES string of the molecule is Cc1cc(C(=O)N2CCC3OCCCC3(COc3ccccn3)C2)no1. The average molecular weight is 357 g/mol. The van der Waals surface area contributed by atoms with Crippen molar-refractivity contribution in [1.82, 2.24) is 15.0 Å². The van der Waals surface area contributed by atoms with Gasteiger partial charge < -0.3 is 18.9 Å². The number of aromatic nitrogens is 2. The normalized spacial score (nSPS) is 25.6. The van der Waals surface area contributed by atoms with E-state index in [9.17, 15) is 4.79 Å². The molecule has 0 bridgehead atoms. The van der Waals surface area contributed by atoms with E-state index in [-0.39, 0.29) is 17.4 Å². The predicted molar refractivity (Wildman–Crippen MR) is 92.9 cm³/mol. The zero-order chi connectivity index (χ0) is 18.0. The number of carbonyl (C=O) groups is 1. The molecule has 0 aliphatic carbocycles. The topological polar surface area (TPSA) is 77.7 Å². The third-order valence-corrected chi connectivity index (χ3v) is 5.27. The number of carbonyl (C=O) groups excluding carboxylic acids is 1. The van der Waals surface area contributed by atoms with E-state index in [1.807, 2.05) is 23.1 Å². The Kier molecular flexibility index (Phi) is 4.63. The Hall–Kier alpha value is -2.41. The zero-order valence-electron chi connectivity index (χ0n) is 14.9. The van der Waals surface area contributed by atoms with Crippen LogP contribution in [-0.2, 0) is 4.74 Å². The molecule has 2 atom stereocenters. The minimum Gasteiger partial charge on any atom is -0.477 e. The highest BCUT2D eigenvalue weighted by Gasteiger charge is 2.48. The van der Waals surface area contributed by atoms with Crippen LogP contribution in [0.5, 0.6) is 5.88 Å². The van der Waals surface area contributed by atoms with Gasteiger partial charge in [0, 0.05) is 43.4 Å². The van der Waals surface area contributed by atoms with E-state index in [2.05, 4.69) is 10.1 Å². The highest BCUT2D eigenvalue weighted by molar-refractivity contribution is 5.92. The van der Waals surface area contributed by atoms with Gasteiger partial charge >= 0.3 is 0 Å². The molecule has 4 heterocycles. The van der Waals surface area contributed by atoms with Crippen LogP contribution in [-0.4, -0.2) is 53.4 Å². The summed E-state index contributed by atoms with van der Waals surface area (Å²) in [6.45, 7) is 4.28. The van der Waals surface area contributed by atoms with Crippen LogP contribution in [0.4, 0.5) is 0 Å². The van der Waals surface area contributed by atoms with Crippen molar-refractivity contribution in [3.8, 4) is 5.88 Å². The molecule has 2 unspecified atom stereocenters. The van der Waals surface area contributed by atoms with Gasteiger partial charge in [-0.15, -0.1) is 0 Å². The second kappa shape index (κ2) is 7.07. The number of nitrogens with zero attached hydrogens (tertiary/aromatic N) is 3. The van der Waals surface area contributed by atoms with Crippen molar-refractivity contribution in [3.05, 3.63) is 41.9 Å². The predicted octanol–water partition coefficient (Wildman–Crippen LogP) is 2.47. The Balaban J connectivity index is 1.51. The Morgan fingerprint density at radius 3 is 3.15 bits per heavy atom. The third-order valence-electron chi connectivity index (χ3n) is 5.27. The van der Waals surface area contributed by atoms with Crippen LogP contribution >= 0.6 is 0 Å². The maximum Gasteiger partial charge on any atom is 0.276 e. The summed E-state index contributed by atoms with van der Waals surface area (Å²) in [6, 6.07) is 7.29. The first-order valence-corrected chi connectivity index (χ1v) is 9.04. The van der Waals surface area contributed by atoms with E-state index in [4.69, 9.17) is 14.0 Å². The van der Waals surface area contributed by atoms with Crippen molar-refractivity contribution in [2.24, 2.45) is 5.41 Å². The largest absolute Gasteiger partial charge is 0.477 e. The van der Waals surface area contributed by atoms with Gasteiger partial charge in [0.05, 0.1) is 12.7 Å². The summed E-state index contributed by atoms with van der Waals surface area (Å²) >= 11 is 0. The van der Waals surface area contributed by atoms with Crippen molar-refractivity contribution >= 4 is 5.91 Å². The van der Waals surface area contributed by atoms with Crippen LogP contribution in [0.3, 0.4) is 0 Å². The van der Waals surface area contributed by atoms with Gasteiger partial charge in [0.25, 0.3) is 5.91 Å². The molecule has 2 aliphatic rings. The van der Waals surface area contributed by atoms with Crippen LogP contribution in [0, 0.1) is 12.3 Å². The molecule has 7 nitrogen and oxygen atoms in total. The Labute approximate surface area is 152 Å². The van der Waals surface area contributed by atoms with Gasteiger partial charge in [0.15, 0.2) is 5.69 Å². The van der Waals surface area contributed by atoms with Crippen LogP contribution in [0.2, 0.25) is 0 Å². The van der Waals surface area contributed by atoms with Gasteiger partial charge in [-0.2, -0.15) is 0 Å². The molecule has 7 heteroatoms. The second-order valence-corrected chi connectivity index (χ2v) is 7.12. The first-order valence-electron chi connectivity index (χ1n) is 9.04. The van der Waals surface area contributed by atoms with E-state index >= 15 is 0 Å². The summed E-state index contributed by atoms with van der Waals surface area (Å²) in [5.74, 6) is 1.14. The fourth-order valence-electron chi connectivity index (χ4n) is 3.95. The van der Waals surface area contributed by atoms with Crippen molar-refractivity contribution in [2.45, 2.75) is 32.3 Å². The van der Waals surface area contributed by atoms with E-state index < -0.39 is 0 Å². The molecule has 2 saturated heterocycles. The van der Waals surface area contributed by atoms with Crippen molar-refractivity contribution in [1.29, 1.82) is 0 Å². The summed E-state index contributed by atoms with van der Waals surface area (Å²) in [5, 5.41) is 3.87. The number of fused-ring (bicyclic) bond motifs is 1. The molecule has 2 aromatic rings.